The SMILES string of the molecule is CN(/N=C/c1cccc(O)c1)C1=NS(=O)(=O)c2ccccc21. The number of amidine groups is 1. The van der Waals surface area contributed by atoms with Crippen LogP contribution in [-0.2, 0) is 10.0 Å². The predicted molar refractivity (Wildman–Crippen MR) is 83.6 cm³/mol. The number of hydrogen-bond acceptors (Lipinski definition) is 5. The summed E-state index contributed by atoms with van der Waals surface area (Å²) >= 11 is 0. The monoisotopic (exact) mass is 315 g/mol. The van der Waals surface area contributed by atoms with Gasteiger partial charge in [-0.1, -0.05) is 24.3 Å². The van der Waals surface area contributed by atoms with Crippen molar-refractivity contribution in [3.63, 3.8) is 0 Å². The third-order valence-electron chi connectivity index (χ3n) is 3.17. The van der Waals surface area contributed by atoms with E-state index in [1.54, 1.807) is 49.5 Å². The van der Waals surface area contributed by atoms with E-state index < -0.39 is 10.0 Å². The van der Waals surface area contributed by atoms with Gasteiger partial charge < -0.3 is 5.11 Å². The van der Waals surface area contributed by atoms with Gasteiger partial charge in [-0.3, -0.25) is 0 Å². The van der Waals surface area contributed by atoms with E-state index in [0.717, 1.165) is 0 Å². The van der Waals surface area contributed by atoms with Crippen LogP contribution in [0, 0.1) is 0 Å². The lowest BCUT2D eigenvalue weighted by molar-refractivity contribution is 0.475. The van der Waals surface area contributed by atoms with Crippen LogP contribution in [0.1, 0.15) is 11.1 Å². The van der Waals surface area contributed by atoms with E-state index in [4.69, 9.17) is 0 Å². The van der Waals surface area contributed by atoms with E-state index in [9.17, 15) is 13.5 Å². The first-order chi connectivity index (χ1) is 10.5. The first-order valence-electron chi connectivity index (χ1n) is 6.48. The van der Waals surface area contributed by atoms with Gasteiger partial charge in [0.05, 0.1) is 6.21 Å². The van der Waals surface area contributed by atoms with Crippen LogP contribution in [-0.4, -0.2) is 37.6 Å². The summed E-state index contributed by atoms with van der Waals surface area (Å²) in [5.74, 6) is 0.407. The molecule has 6 nitrogen and oxygen atoms in total. The summed E-state index contributed by atoms with van der Waals surface area (Å²) in [6, 6.07) is 13.2. The summed E-state index contributed by atoms with van der Waals surface area (Å²) in [6.07, 6.45) is 1.52. The first kappa shape index (κ1) is 14.3. The summed E-state index contributed by atoms with van der Waals surface area (Å²) in [6.45, 7) is 0. The molecule has 0 amide bonds. The second kappa shape index (κ2) is 5.27. The second-order valence-electron chi connectivity index (χ2n) is 4.75. The van der Waals surface area contributed by atoms with Crippen molar-refractivity contribution in [3.05, 3.63) is 59.7 Å². The van der Waals surface area contributed by atoms with Crippen LogP contribution in [0.2, 0.25) is 0 Å². The number of sulfonamides is 1. The summed E-state index contributed by atoms with van der Waals surface area (Å²) < 4.78 is 27.7. The van der Waals surface area contributed by atoms with Gasteiger partial charge >= 0.3 is 0 Å². The molecule has 0 aliphatic carbocycles. The van der Waals surface area contributed by atoms with Crippen LogP contribution in [0.5, 0.6) is 5.75 Å². The van der Waals surface area contributed by atoms with E-state index in [1.807, 2.05) is 0 Å². The number of benzene rings is 2. The van der Waals surface area contributed by atoms with Gasteiger partial charge in [0.25, 0.3) is 10.0 Å². The Morgan fingerprint density at radius 3 is 2.73 bits per heavy atom. The molecule has 1 N–H and O–H groups in total. The number of fused-ring (bicyclic) bond motifs is 1. The fourth-order valence-corrected chi connectivity index (χ4v) is 3.37. The lowest BCUT2D eigenvalue weighted by atomic mass is 10.2. The van der Waals surface area contributed by atoms with Crippen molar-refractivity contribution < 1.29 is 13.5 Å². The van der Waals surface area contributed by atoms with Crippen molar-refractivity contribution in [2.24, 2.45) is 9.50 Å². The van der Waals surface area contributed by atoms with Crippen LogP contribution < -0.4 is 0 Å². The van der Waals surface area contributed by atoms with Crippen LogP contribution in [0.15, 0.2) is 62.9 Å². The van der Waals surface area contributed by atoms with Gasteiger partial charge in [0.1, 0.15) is 10.6 Å². The molecule has 112 valence electrons. The Labute approximate surface area is 128 Å². The van der Waals surface area contributed by atoms with Gasteiger partial charge in [-0.05, 0) is 29.8 Å². The van der Waals surface area contributed by atoms with Crippen LogP contribution in [0.3, 0.4) is 0 Å². The lowest BCUT2D eigenvalue weighted by Crippen LogP contribution is -2.21. The molecule has 0 saturated carbocycles. The number of aromatic hydroxyl groups is 1. The Balaban J connectivity index is 1.92. The molecule has 1 aliphatic heterocycles. The maximum absolute atomic E-state index is 12.0. The number of hydrogen-bond donors (Lipinski definition) is 1. The van der Waals surface area contributed by atoms with Crippen LogP contribution >= 0.6 is 0 Å². The lowest BCUT2D eigenvalue weighted by Gasteiger charge is -2.12. The van der Waals surface area contributed by atoms with Gasteiger partial charge in [-0.2, -0.15) is 13.5 Å². The Morgan fingerprint density at radius 2 is 1.95 bits per heavy atom. The first-order valence-corrected chi connectivity index (χ1v) is 7.92. The smallest absolute Gasteiger partial charge is 0.285 e. The van der Waals surface area contributed by atoms with Gasteiger partial charge in [-0.15, -0.1) is 4.40 Å². The maximum Gasteiger partial charge on any atom is 0.285 e. The zero-order valence-electron chi connectivity index (χ0n) is 11.7. The van der Waals surface area contributed by atoms with E-state index in [-0.39, 0.29) is 16.5 Å². The molecular formula is C15H13N3O3S. The molecule has 22 heavy (non-hydrogen) atoms. The Morgan fingerprint density at radius 1 is 1.18 bits per heavy atom. The molecule has 0 atom stereocenters. The van der Waals surface area contributed by atoms with E-state index in [0.29, 0.717) is 11.1 Å². The topological polar surface area (TPSA) is 82.3 Å². The predicted octanol–water partition coefficient (Wildman–Crippen LogP) is 1.81. The molecule has 0 aromatic heterocycles. The fourth-order valence-electron chi connectivity index (χ4n) is 2.13. The molecular weight excluding hydrogens is 302 g/mol. The molecule has 0 bridgehead atoms. The minimum Gasteiger partial charge on any atom is -0.508 e. The normalized spacial score (nSPS) is 15.6. The average Bonchev–Trinajstić information content (AvgIpc) is 2.77. The van der Waals surface area contributed by atoms with Crippen molar-refractivity contribution >= 4 is 22.1 Å². The Bertz CT molecular complexity index is 888. The molecule has 0 spiro atoms. The quantitative estimate of drug-likeness (QED) is 0.677. The zero-order chi connectivity index (χ0) is 15.7. The number of hydrazone groups is 1. The molecule has 7 heteroatoms. The van der Waals surface area contributed by atoms with Crippen molar-refractivity contribution in [2.75, 3.05) is 7.05 Å². The molecule has 3 rings (SSSR count). The van der Waals surface area contributed by atoms with Crippen LogP contribution in [0.25, 0.3) is 0 Å². The van der Waals surface area contributed by atoms with Crippen LogP contribution in [0.4, 0.5) is 0 Å². The standard InChI is InChI=1S/C15H13N3O3S/c1-18(16-10-11-5-4-6-12(19)9-11)15-13-7-2-3-8-14(13)22(20,21)17-15/h2-10,19H,1H3/b16-10+. The number of rotatable bonds is 2. The molecule has 2 aromatic rings. The van der Waals surface area contributed by atoms with E-state index in [2.05, 4.69) is 9.50 Å². The summed E-state index contributed by atoms with van der Waals surface area (Å²) in [7, 11) is -2.04. The van der Waals surface area contributed by atoms with E-state index in [1.165, 1.54) is 17.3 Å². The molecule has 0 radical (unpaired) electrons. The zero-order valence-corrected chi connectivity index (χ0v) is 12.5. The Hall–Kier alpha value is -2.67. The molecule has 1 aliphatic rings. The minimum absolute atomic E-state index is 0.137. The molecule has 0 saturated heterocycles. The average molecular weight is 315 g/mol. The van der Waals surface area contributed by atoms with E-state index >= 15 is 0 Å². The number of phenolic OH excluding ortho intramolecular Hbond substituents is 1. The highest BCUT2D eigenvalue weighted by molar-refractivity contribution is 7.90. The number of nitrogens with zero attached hydrogens (tertiary/aromatic N) is 3. The maximum atomic E-state index is 12.0. The highest BCUT2D eigenvalue weighted by atomic mass is 32.2. The largest absolute Gasteiger partial charge is 0.508 e. The third kappa shape index (κ3) is 2.58. The minimum atomic E-state index is -3.66. The summed E-state index contributed by atoms with van der Waals surface area (Å²) in [4.78, 5) is 0.185. The van der Waals surface area contributed by atoms with Crippen molar-refractivity contribution in [1.82, 2.24) is 5.01 Å². The Kier molecular flexibility index (Phi) is 3.42. The van der Waals surface area contributed by atoms with Gasteiger partial charge in [-0.25, -0.2) is 5.01 Å². The third-order valence-corrected chi connectivity index (χ3v) is 4.49. The summed E-state index contributed by atoms with van der Waals surface area (Å²) in [5, 5.41) is 15.0. The highest BCUT2D eigenvalue weighted by Gasteiger charge is 2.30. The van der Waals surface area contributed by atoms with Gasteiger partial charge in [0.2, 0.25) is 0 Å². The van der Waals surface area contributed by atoms with Crippen molar-refractivity contribution in [1.29, 1.82) is 0 Å². The van der Waals surface area contributed by atoms with Gasteiger partial charge in [0.15, 0.2) is 5.84 Å². The van der Waals surface area contributed by atoms with Crippen molar-refractivity contribution in [2.45, 2.75) is 4.90 Å². The molecule has 0 unspecified atom stereocenters. The molecule has 2 aromatic carbocycles. The van der Waals surface area contributed by atoms with Crippen molar-refractivity contribution in [3.8, 4) is 5.75 Å². The molecule has 0 fully saturated rings. The fraction of sp³-hybridized carbons (Fsp3) is 0.0667. The second-order valence-corrected chi connectivity index (χ2v) is 6.32. The summed E-state index contributed by atoms with van der Waals surface area (Å²) in [5.41, 5.74) is 1.22. The highest BCUT2D eigenvalue weighted by Crippen LogP contribution is 2.26. The molecule has 1 heterocycles. The number of phenols is 1. The van der Waals surface area contributed by atoms with Gasteiger partial charge in [0, 0.05) is 12.6 Å².